The number of halogens is 2. The number of pyridine rings is 1. The number of amides is 1. The molecule has 1 aromatic heterocycles. The van der Waals surface area contributed by atoms with Crippen molar-refractivity contribution in [2.24, 2.45) is 10.9 Å². The Kier molecular flexibility index (Phi) is 13.8. The summed E-state index contributed by atoms with van der Waals surface area (Å²) in [4.78, 5) is 21.7. The number of hydrogen-bond donors (Lipinski definition) is 2. The predicted molar refractivity (Wildman–Crippen MR) is 119 cm³/mol. The molecule has 1 aromatic rings. The summed E-state index contributed by atoms with van der Waals surface area (Å²) in [6.45, 7) is 5.37. The standard InChI is InChI=1S/C19H32FN5O.HI/c1-5-7-9-15(6-2)12-22-19(24-14-18(26)25(3)4)23-13-17-16(20)10-8-11-21-17;/h8,10-11,15H,5-7,9,12-14H2,1-4H3,(H2,22,23,24);1H. The fourth-order valence-corrected chi connectivity index (χ4v) is 2.36. The van der Waals surface area contributed by atoms with Gasteiger partial charge in [0.15, 0.2) is 5.96 Å². The van der Waals surface area contributed by atoms with Crippen LogP contribution in [0, 0.1) is 11.7 Å². The lowest BCUT2D eigenvalue weighted by molar-refractivity contribution is -0.127. The lowest BCUT2D eigenvalue weighted by Gasteiger charge is -2.19. The third-order valence-electron chi connectivity index (χ3n) is 4.23. The molecule has 0 saturated heterocycles. The molecule has 6 nitrogen and oxygen atoms in total. The van der Waals surface area contributed by atoms with Crippen molar-refractivity contribution in [1.29, 1.82) is 0 Å². The molecule has 0 bridgehead atoms. The zero-order chi connectivity index (χ0) is 19.4. The van der Waals surface area contributed by atoms with Crippen molar-refractivity contribution >= 4 is 35.8 Å². The van der Waals surface area contributed by atoms with E-state index in [4.69, 9.17) is 0 Å². The van der Waals surface area contributed by atoms with Gasteiger partial charge < -0.3 is 15.5 Å². The highest BCUT2D eigenvalue weighted by Gasteiger charge is 2.10. The van der Waals surface area contributed by atoms with Gasteiger partial charge in [-0.1, -0.05) is 33.1 Å². The van der Waals surface area contributed by atoms with Gasteiger partial charge in [0, 0.05) is 26.8 Å². The maximum Gasteiger partial charge on any atom is 0.241 e. The van der Waals surface area contributed by atoms with Crippen LogP contribution in [0.15, 0.2) is 23.3 Å². The molecule has 0 radical (unpaired) electrons. The molecule has 0 aliphatic carbocycles. The molecular weight excluding hydrogens is 460 g/mol. The number of carbonyl (C=O) groups excluding carboxylic acids is 1. The molecule has 1 unspecified atom stereocenters. The molecule has 27 heavy (non-hydrogen) atoms. The summed E-state index contributed by atoms with van der Waals surface area (Å²) < 4.78 is 13.7. The minimum absolute atomic E-state index is 0. The first-order valence-corrected chi connectivity index (χ1v) is 9.29. The van der Waals surface area contributed by atoms with Crippen LogP contribution in [-0.2, 0) is 11.3 Å². The Balaban J connectivity index is 0.00000676. The summed E-state index contributed by atoms with van der Waals surface area (Å²) in [6.07, 6.45) is 6.14. The smallest absolute Gasteiger partial charge is 0.241 e. The topological polar surface area (TPSA) is 69.6 Å². The number of hydrogen-bond acceptors (Lipinski definition) is 3. The molecule has 1 rings (SSSR count). The number of carbonyl (C=O) groups is 1. The van der Waals surface area contributed by atoms with Gasteiger partial charge in [-0.2, -0.15) is 0 Å². The number of nitrogens with zero attached hydrogens (tertiary/aromatic N) is 3. The van der Waals surface area contributed by atoms with Gasteiger partial charge in [0.1, 0.15) is 5.82 Å². The third kappa shape index (κ3) is 10.5. The van der Waals surface area contributed by atoms with Crippen molar-refractivity contribution in [1.82, 2.24) is 20.5 Å². The van der Waals surface area contributed by atoms with E-state index < -0.39 is 0 Å². The van der Waals surface area contributed by atoms with Crippen LogP contribution in [0.1, 0.15) is 45.2 Å². The van der Waals surface area contributed by atoms with Gasteiger partial charge in [-0.25, -0.2) is 9.38 Å². The van der Waals surface area contributed by atoms with Gasteiger partial charge in [-0.3, -0.25) is 9.78 Å². The van der Waals surface area contributed by atoms with Crippen LogP contribution in [0.4, 0.5) is 4.39 Å². The third-order valence-corrected chi connectivity index (χ3v) is 4.23. The van der Waals surface area contributed by atoms with Crippen LogP contribution in [0.5, 0.6) is 0 Å². The second-order valence-corrected chi connectivity index (χ2v) is 6.54. The van der Waals surface area contributed by atoms with Gasteiger partial charge >= 0.3 is 0 Å². The first kappa shape index (κ1) is 25.6. The number of guanidine groups is 1. The number of rotatable bonds is 10. The van der Waals surface area contributed by atoms with Gasteiger partial charge in [0.25, 0.3) is 0 Å². The van der Waals surface area contributed by atoms with Crippen LogP contribution in [0.25, 0.3) is 0 Å². The Morgan fingerprint density at radius 1 is 1.33 bits per heavy atom. The average Bonchev–Trinajstić information content (AvgIpc) is 2.64. The lowest BCUT2D eigenvalue weighted by atomic mass is 9.99. The van der Waals surface area contributed by atoms with Crippen molar-refractivity contribution in [2.75, 3.05) is 27.2 Å². The molecule has 2 N–H and O–H groups in total. The van der Waals surface area contributed by atoms with E-state index in [1.165, 1.54) is 23.8 Å². The fraction of sp³-hybridized carbons (Fsp3) is 0.632. The Morgan fingerprint density at radius 3 is 2.67 bits per heavy atom. The first-order valence-electron chi connectivity index (χ1n) is 9.29. The molecule has 0 spiro atoms. The second-order valence-electron chi connectivity index (χ2n) is 6.54. The van der Waals surface area contributed by atoms with E-state index in [0.717, 1.165) is 19.4 Å². The predicted octanol–water partition coefficient (Wildman–Crippen LogP) is 3.18. The molecule has 0 aromatic carbocycles. The van der Waals surface area contributed by atoms with Crippen LogP contribution in [0.3, 0.4) is 0 Å². The summed E-state index contributed by atoms with van der Waals surface area (Å²) in [6, 6.07) is 2.92. The number of nitrogens with one attached hydrogen (secondary N) is 2. The highest BCUT2D eigenvalue weighted by Crippen LogP contribution is 2.11. The van der Waals surface area contributed by atoms with Crippen molar-refractivity contribution in [3.63, 3.8) is 0 Å². The quantitative estimate of drug-likeness (QED) is 0.299. The fourth-order valence-electron chi connectivity index (χ4n) is 2.36. The summed E-state index contributed by atoms with van der Waals surface area (Å²) in [5, 5.41) is 6.31. The Hall–Kier alpha value is -1.45. The van der Waals surface area contributed by atoms with Gasteiger partial charge in [0.05, 0.1) is 18.8 Å². The molecule has 1 amide bonds. The molecule has 1 atom stereocenters. The molecule has 8 heteroatoms. The molecular formula is C19H33FIN5O. The first-order chi connectivity index (χ1) is 12.5. The molecule has 0 fully saturated rings. The van der Waals surface area contributed by atoms with E-state index in [-0.39, 0.29) is 54.5 Å². The number of likely N-dealkylation sites (N-methyl/N-ethyl adjacent to an activating group) is 1. The summed E-state index contributed by atoms with van der Waals surface area (Å²) in [5.74, 6) is 0.606. The Labute approximate surface area is 179 Å². The van der Waals surface area contributed by atoms with Gasteiger partial charge in [0.2, 0.25) is 5.91 Å². The Morgan fingerprint density at radius 2 is 2.07 bits per heavy atom. The SMILES string of the molecule is CCCCC(CC)CNC(=NCc1ncccc1F)NCC(=O)N(C)C.I. The highest BCUT2D eigenvalue weighted by molar-refractivity contribution is 14.0. The monoisotopic (exact) mass is 493 g/mol. The van der Waals surface area contributed by atoms with Gasteiger partial charge in [-0.05, 0) is 24.5 Å². The van der Waals surface area contributed by atoms with E-state index in [1.807, 2.05) is 0 Å². The van der Waals surface area contributed by atoms with Crippen molar-refractivity contribution in [2.45, 2.75) is 46.1 Å². The maximum absolute atomic E-state index is 13.7. The molecule has 1 heterocycles. The summed E-state index contributed by atoms with van der Waals surface area (Å²) >= 11 is 0. The zero-order valence-electron chi connectivity index (χ0n) is 16.8. The van der Waals surface area contributed by atoms with E-state index in [0.29, 0.717) is 11.9 Å². The number of aliphatic imine (C=N–C) groups is 1. The van der Waals surface area contributed by atoms with E-state index in [2.05, 4.69) is 34.5 Å². The largest absolute Gasteiger partial charge is 0.356 e. The molecule has 0 saturated carbocycles. The van der Waals surface area contributed by atoms with E-state index in [9.17, 15) is 9.18 Å². The minimum Gasteiger partial charge on any atom is -0.356 e. The minimum atomic E-state index is -0.380. The molecule has 154 valence electrons. The Bertz CT molecular complexity index is 583. The molecule has 0 aliphatic rings. The second kappa shape index (κ2) is 14.6. The van der Waals surface area contributed by atoms with Crippen LogP contribution in [-0.4, -0.2) is 48.9 Å². The highest BCUT2D eigenvalue weighted by atomic mass is 127. The lowest BCUT2D eigenvalue weighted by Crippen LogP contribution is -2.44. The van der Waals surface area contributed by atoms with Crippen molar-refractivity contribution < 1.29 is 9.18 Å². The molecule has 0 aliphatic heterocycles. The van der Waals surface area contributed by atoms with Crippen molar-refractivity contribution in [3.8, 4) is 0 Å². The van der Waals surface area contributed by atoms with Gasteiger partial charge in [-0.15, -0.1) is 24.0 Å². The summed E-state index contributed by atoms with van der Waals surface area (Å²) in [7, 11) is 3.41. The van der Waals surface area contributed by atoms with Crippen LogP contribution in [0.2, 0.25) is 0 Å². The number of unbranched alkanes of at least 4 members (excludes halogenated alkanes) is 1. The zero-order valence-corrected chi connectivity index (χ0v) is 19.1. The maximum atomic E-state index is 13.7. The van der Waals surface area contributed by atoms with E-state index >= 15 is 0 Å². The van der Waals surface area contributed by atoms with Crippen molar-refractivity contribution in [3.05, 3.63) is 29.8 Å². The normalized spacial score (nSPS) is 12.1. The van der Waals surface area contributed by atoms with Crippen LogP contribution < -0.4 is 10.6 Å². The van der Waals surface area contributed by atoms with E-state index in [1.54, 1.807) is 26.4 Å². The summed E-state index contributed by atoms with van der Waals surface area (Å²) in [5.41, 5.74) is 0.283. The average molecular weight is 493 g/mol. The van der Waals surface area contributed by atoms with Crippen LogP contribution >= 0.6 is 24.0 Å². The number of aromatic nitrogens is 1.